The number of primary sulfonamides is 1. The van der Waals surface area contributed by atoms with E-state index < -0.39 is 32.4 Å². The predicted molar refractivity (Wildman–Crippen MR) is 95.9 cm³/mol. The molecule has 2 unspecified atom stereocenters. The summed E-state index contributed by atoms with van der Waals surface area (Å²) in [6, 6.07) is 1.28. The summed E-state index contributed by atoms with van der Waals surface area (Å²) in [4.78, 5) is 0. The maximum absolute atomic E-state index is 12.9. The van der Waals surface area contributed by atoms with Gasteiger partial charge in [0.15, 0.2) is 6.29 Å². The van der Waals surface area contributed by atoms with Gasteiger partial charge in [-0.15, -0.1) is 11.3 Å². The van der Waals surface area contributed by atoms with Crippen molar-refractivity contribution in [1.82, 2.24) is 4.31 Å². The van der Waals surface area contributed by atoms with Crippen LogP contribution in [0.3, 0.4) is 0 Å². The lowest BCUT2D eigenvalue weighted by atomic mass is 10.2. The quantitative estimate of drug-likeness (QED) is 0.457. The van der Waals surface area contributed by atoms with Crippen molar-refractivity contribution in [2.75, 3.05) is 33.4 Å². The van der Waals surface area contributed by atoms with Gasteiger partial charge in [0.25, 0.3) is 10.0 Å². The van der Waals surface area contributed by atoms with Crippen LogP contribution in [-0.2, 0) is 34.3 Å². The highest BCUT2D eigenvalue weighted by Crippen LogP contribution is 2.41. The second kappa shape index (κ2) is 8.61. The zero-order valence-corrected chi connectivity index (χ0v) is 17.3. The van der Waals surface area contributed by atoms with Crippen LogP contribution in [0.1, 0.15) is 31.9 Å². The van der Waals surface area contributed by atoms with Crippen molar-refractivity contribution in [1.29, 1.82) is 0 Å². The van der Waals surface area contributed by atoms with Gasteiger partial charge in [-0.2, -0.15) is 4.31 Å². The molecule has 1 aromatic heterocycles. The number of rotatable bonds is 9. The number of thiophene rings is 1. The summed E-state index contributed by atoms with van der Waals surface area (Å²) in [7, 11) is -6.31. The van der Waals surface area contributed by atoms with E-state index in [0.29, 0.717) is 36.5 Å². The molecule has 12 heteroatoms. The Kier molecular flexibility index (Phi) is 7.18. The van der Waals surface area contributed by atoms with Gasteiger partial charge in [0.2, 0.25) is 10.0 Å². The van der Waals surface area contributed by atoms with Gasteiger partial charge in [-0.1, -0.05) is 0 Å². The van der Waals surface area contributed by atoms with Crippen molar-refractivity contribution in [3.63, 3.8) is 0 Å². The molecule has 0 amide bonds. The van der Waals surface area contributed by atoms with E-state index in [0.717, 1.165) is 0 Å². The first-order chi connectivity index (χ1) is 12.1. The summed E-state index contributed by atoms with van der Waals surface area (Å²) in [5.74, 6) is 0. The molecule has 2 heterocycles. The average Bonchev–Trinajstić information content (AvgIpc) is 2.99. The highest BCUT2D eigenvalue weighted by molar-refractivity contribution is 7.94. The lowest BCUT2D eigenvalue weighted by Crippen LogP contribution is -2.41. The molecular formula is C14H24N2O7S3. The molecule has 1 aliphatic rings. The Morgan fingerprint density at radius 1 is 1.46 bits per heavy atom. The zero-order valence-electron chi connectivity index (χ0n) is 14.9. The number of methoxy groups -OCH3 is 1. The van der Waals surface area contributed by atoms with Gasteiger partial charge in [0.1, 0.15) is 14.5 Å². The van der Waals surface area contributed by atoms with E-state index in [2.05, 4.69) is 0 Å². The zero-order chi connectivity index (χ0) is 19.5. The van der Waals surface area contributed by atoms with Gasteiger partial charge >= 0.3 is 0 Å². The molecule has 2 N–H and O–H groups in total. The van der Waals surface area contributed by atoms with E-state index >= 15 is 0 Å². The second-order valence-corrected chi connectivity index (χ2v) is 10.7. The Labute approximate surface area is 158 Å². The maximum Gasteiger partial charge on any atom is 0.253 e. The molecule has 0 fully saturated rings. The Morgan fingerprint density at radius 2 is 2.15 bits per heavy atom. The van der Waals surface area contributed by atoms with E-state index in [9.17, 15) is 16.8 Å². The Morgan fingerprint density at radius 3 is 2.73 bits per heavy atom. The van der Waals surface area contributed by atoms with Gasteiger partial charge in [-0.25, -0.2) is 22.0 Å². The van der Waals surface area contributed by atoms with Gasteiger partial charge < -0.3 is 14.2 Å². The second-order valence-electron chi connectivity index (χ2n) is 5.71. The summed E-state index contributed by atoms with van der Waals surface area (Å²) >= 11 is 0.642. The molecule has 2 atom stereocenters. The number of nitrogens with zero attached hydrogens (tertiary/aromatic N) is 1. The predicted octanol–water partition coefficient (Wildman–Crippen LogP) is 0.877. The number of ether oxygens (including phenoxy) is 3. The van der Waals surface area contributed by atoms with E-state index in [4.69, 9.17) is 19.3 Å². The van der Waals surface area contributed by atoms with Crippen LogP contribution in [0.5, 0.6) is 0 Å². The third-order valence-corrected chi connectivity index (χ3v) is 8.75. The Bertz CT molecular complexity index is 820. The molecule has 0 aromatic carbocycles. The van der Waals surface area contributed by atoms with Crippen molar-refractivity contribution < 1.29 is 31.0 Å². The number of sulfonamides is 2. The summed E-state index contributed by atoms with van der Waals surface area (Å²) in [6.45, 7) is 4.67. The topological polar surface area (TPSA) is 125 Å². The van der Waals surface area contributed by atoms with Gasteiger partial charge in [0, 0.05) is 39.0 Å². The van der Waals surface area contributed by atoms with E-state index in [-0.39, 0.29) is 21.5 Å². The maximum atomic E-state index is 12.9. The fraction of sp³-hybridized carbons (Fsp3) is 0.714. The highest BCUT2D eigenvalue weighted by atomic mass is 32.3. The van der Waals surface area contributed by atoms with Crippen LogP contribution in [-0.4, -0.2) is 60.8 Å². The van der Waals surface area contributed by atoms with Crippen molar-refractivity contribution >= 4 is 31.4 Å². The lowest BCUT2D eigenvalue weighted by Gasteiger charge is -2.33. The molecule has 0 saturated heterocycles. The highest BCUT2D eigenvalue weighted by Gasteiger charge is 2.41. The molecule has 0 saturated carbocycles. The molecule has 2 rings (SSSR count). The van der Waals surface area contributed by atoms with Gasteiger partial charge in [-0.05, 0) is 26.3 Å². The molecule has 0 bridgehead atoms. The summed E-state index contributed by atoms with van der Waals surface area (Å²) in [5.41, 5.74) is 0.300. The van der Waals surface area contributed by atoms with Crippen LogP contribution >= 0.6 is 11.3 Å². The van der Waals surface area contributed by atoms with E-state index in [1.54, 1.807) is 6.92 Å². The fourth-order valence-electron chi connectivity index (χ4n) is 2.65. The molecule has 150 valence electrons. The molecular weight excluding hydrogens is 404 g/mol. The number of hydrogen-bond donors (Lipinski definition) is 1. The average molecular weight is 429 g/mol. The van der Waals surface area contributed by atoms with E-state index in [1.165, 1.54) is 17.5 Å². The van der Waals surface area contributed by atoms with Crippen LogP contribution in [0.25, 0.3) is 0 Å². The molecule has 26 heavy (non-hydrogen) atoms. The summed E-state index contributed by atoms with van der Waals surface area (Å²) in [6.07, 6.45) is -0.714. The smallest absolute Gasteiger partial charge is 0.253 e. The minimum atomic E-state index is -4.02. The van der Waals surface area contributed by atoms with Crippen molar-refractivity contribution in [3.8, 4) is 0 Å². The minimum Gasteiger partial charge on any atom is -0.385 e. The van der Waals surface area contributed by atoms with Crippen LogP contribution in [0.4, 0.5) is 0 Å². The molecule has 1 aliphatic heterocycles. The number of hydrogen-bond acceptors (Lipinski definition) is 8. The van der Waals surface area contributed by atoms with Crippen LogP contribution in [0.2, 0.25) is 0 Å². The van der Waals surface area contributed by atoms with Crippen LogP contribution < -0.4 is 5.14 Å². The Hall–Kier alpha value is -0.600. The number of fused-ring (bicyclic) bond motifs is 1. The lowest BCUT2D eigenvalue weighted by molar-refractivity contribution is -0.162. The van der Waals surface area contributed by atoms with Crippen LogP contribution in [0.15, 0.2) is 14.5 Å². The number of nitrogens with two attached hydrogens (primary N) is 1. The molecule has 1 aromatic rings. The Balaban J connectivity index is 2.42. The van der Waals surface area contributed by atoms with Crippen molar-refractivity contribution in [2.45, 2.75) is 41.1 Å². The van der Waals surface area contributed by atoms with Gasteiger partial charge in [0.05, 0.1) is 0 Å². The standard InChI is InChI=1S/C14H24N2O7S3/c1-4-22-10(2)23-12-9-16(6-5-7-21-3)26(19,20)14-11(12)8-13(24-14)25(15,17)18/h8,10,12H,4-7,9H2,1-3H3,(H2,15,17,18). The summed E-state index contributed by atoms with van der Waals surface area (Å²) < 4.78 is 66.3. The van der Waals surface area contributed by atoms with Gasteiger partial charge in [-0.3, -0.25) is 0 Å². The third-order valence-electron chi connectivity index (χ3n) is 3.79. The molecule has 0 spiro atoms. The first-order valence-electron chi connectivity index (χ1n) is 8.04. The molecule has 9 nitrogen and oxygen atoms in total. The van der Waals surface area contributed by atoms with E-state index in [1.807, 2.05) is 6.92 Å². The fourth-order valence-corrected chi connectivity index (χ4v) is 6.92. The monoisotopic (exact) mass is 428 g/mol. The molecule has 0 radical (unpaired) electrons. The SMILES string of the molecule is CCOC(C)OC1CN(CCCOC)S(=O)(=O)c2sc(S(N)(=O)=O)cc21. The summed E-state index contributed by atoms with van der Waals surface area (Å²) in [5, 5.41) is 5.18. The first kappa shape index (κ1) is 21.7. The molecule has 0 aliphatic carbocycles. The van der Waals surface area contributed by atoms with Crippen molar-refractivity contribution in [3.05, 3.63) is 11.6 Å². The van der Waals surface area contributed by atoms with Crippen molar-refractivity contribution in [2.24, 2.45) is 5.14 Å². The van der Waals surface area contributed by atoms with Crippen LogP contribution in [0, 0.1) is 0 Å². The normalized spacial score (nSPS) is 21.5. The largest absolute Gasteiger partial charge is 0.385 e. The first-order valence-corrected chi connectivity index (χ1v) is 11.8. The third kappa shape index (κ3) is 4.81. The minimum absolute atomic E-state index is 0.0566.